The van der Waals surface area contributed by atoms with Crippen LogP contribution in [0.25, 0.3) is 11.3 Å². The number of aromatic nitrogens is 2. The van der Waals surface area contributed by atoms with Crippen LogP contribution in [0.15, 0.2) is 54.9 Å². The second-order valence-corrected chi connectivity index (χ2v) is 6.31. The van der Waals surface area contributed by atoms with E-state index in [1.165, 1.54) is 0 Å². The SMILES string of the molecule is COc1ccc(Cc2cc(-c3ccccc3OC(C)C)ncn2)cc1N. The van der Waals surface area contributed by atoms with Crippen molar-refractivity contribution < 1.29 is 9.47 Å². The lowest BCUT2D eigenvalue weighted by Crippen LogP contribution is -2.06. The zero-order valence-corrected chi connectivity index (χ0v) is 15.3. The third kappa shape index (κ3) is 4.11. The number of methoxy groups -OCH3 is 1. The smallest absolute Gasteiger partial charge is 0.141 e. The van der Waals surface area contributed by atoms with E-state index in [1.54, 1.807) is 13.4 Å². The number of para-hydroxylation sites is 1. The first kappa shape index (κ1) is 17.7. The van der Waals surface area contributed by atoms with Crippen molar-refractivity contribution in [2.24, 2.45) is 0 Å². The summed E-state index contributed by atoms with van der Waals surface area (Å²) in [6.45, 7) is 4.02. The highest BCUT2D eigenvalue weighted by atomic mass is 16.5. The maximum atomic E-state index is 6.00. The number of anilines is 1. The van der Waals surface area contributed by atoms with Crippen molar-refractivity contribution in [1.82, 2.24) is 9.97 Å². The van der Waals surface area contributed by atoms with E-state index in [1.807, 2.05) is 62.4 Å². The average molecular weight is 349 g/mol. The third-order valence-electron chi connectivity index (χ3n) is 3.93. The van der Waals surface area contributed by atoms with Crippen LogP contribution < -0.4 is 15.2 Å². The van der Waals surface area contributed by atoms with Crippen molar-refractivity contribution in [3.63, 3.8) is 0 Å². The molecule has 26 heavy (non-hydrogen) atoms. The van der Waals surface area contributed by atoms with Gasteiger partial charge in [0.2, 0.25) is 0 Å². The molecule has 134 valence electrons. The molecule has 0 aliphatic rings. The van der Waals surface area contributed by atoms with Crippen molar-refractivity contribution in [1.29, 1.82) is 0 Å². The molecule has 5 heteroatoms. The Bertz CT molecular complexity index is 894. The number of nitrogen functional groups attached to an aromatic ring is 1. The topological polar surface area (TPSA) is 70.3 Å². The molecule has 0 aliphatic heterocycles. The highest BCUT2D eigenvalue weighted by molar-refractivity contribution is 5.67. The fourth-order valence-corrected chi connectivity index (χ4v) is 2.78. The number of benzene rings is 2. The summed E-state index contributed by atoms with van der Waals surface area (Å²) in [4.78, 5) is 8.83. The Morgan fingerprint density at radius 3 is 2.54 bits per heavy atom. The second-order valence-electron chi connectivity index (χ2n) is 6.31. The molecule has 0 spiro atoms. The van der Waals surface area contributed by atoms with E-state index in [4.69, 9.17) is 15.2 Å². The van der Waals surface area contributed by atoms with Crippen molar-refractivity contribution in [3.8, 4) is 22.8 Å². The van der Waals surface area contributed by atoms with Gasteiger partial charge in [0.15, 0.2) is 0 Å². The van der Waals surface area contributed by atoms with Crippen LogP contribution in [0.3, 0.4) is 0 Å². The maximum Gasteiger partial charge on any atom is 0.141 e. The fourth-order valence-electron chi connectivity index (χ4n) is 2.78. The van der Waals surface area contributed by atoms with Crippen LogP contribution in [0.1, 0.15) is 25.1 Å². The molecule has 2 aromatic carbocycles. The summed E-state index contributed by atoms with van der Waals surface area (Å²) in [6, 6.07) is 15.7. The van der Waals surface area contributed by atoms with Crippen LogP contribution >= 0.6 is 0 Å². The zero-order chi connectivity index (χ0) is 18.5. The Morgan fingerprint density at radius 1 is 1.00 bits per heavy atom. The molecule has 0 saturated heterocycles. The van der Waals surface area contributed by atoms with Gasteiger partial charge in [-0.2, -0.15) is 0 Å². The highest BCUT2D eigenvalue weighted by Crippen LogP contribution is 2.30. The largest absolute Gasteiger partial charge is 0.495 e. The van der Waals surface area contributed by atoms with Gasteiger partial charge in [-0.05, 0) is 49.7 Å². The summed E-state index contributed by atoms with van der Waals surface area (Å²) in [5, 5.41) is 0. The van der Waals surface area contributed by atoms with E-state index >= 15 is 0 Å². The molecule has 0 bridgehead atoms. The first-order chi connectivity index (χ1) is 12.6. The van der Waals surface area contributed by atoms with Crippen LogP contribution in [0, 0.1) is 0 Å². The normalized spacial score (nSPS) is 10.8. The molecule has 0 radical (unpaired) electrons. The minimum atomic E-state index is 0.0970. The van der Waals surface area contributed by atoms with Gasteiger partial charge >= 0.3 is 0 Å². The molecular formula is C21H23N3O2. The first-order valence-corrected chi connectivity index (χ1v) is 8.56. The van der Waals surface area contributed by atoms with Crippen molar-refractivity contribution >= 4 is 5.69 Å². The van der Waals surface area contributed by atoms with Gasteiger partial charge in [0.25, 0.3) is 0 Å². The van der Waals surface area contributed by atoms with E-state index < -0.39 is 0 Å². The molecule has 0 fully saturated rings. The lowest BCUT2D eigenvalue weighted by molar-refractivity contribution is 0.243. The molecule has 2 N–H and O–H groups in total. The number of rotatable bonds is 6. The summed E-state index contributed by atoms with van der Waals surface area (Å²) in [7, 11) is 1.61. The van der Waals surface area contributed by atoms with Gasteiger partial charge in [-0.1, -0.05) is 18.2 Å². The van der Waals surface area contributed by atoms with E-state index in [9.17, 15) is 0 Å². The molecule has 0 saturated carbocycles. The van der Waals surface area contributed by atoms with E-state index in [-0.39, 0.29) is 6.10 Å². The molecule has 5 nitrogen and oxygen atoms in total. The summed E-state index contributed by atoms with van der Waals surface area (Å²) in [5.74, 6) is 1.50. The Labute approximate surface area is 153 Å². The quantitative estimate of drug-likeness (QED) is 0.678. The Kier molecular flexibility index (Phi) is 5.37. The first-order valence-electron chi connectivity index (χ1n) is 8.56. The van der Waals surface area contributed by atoms with Gasteiger partial charge in [-0.3, -0.25) is 0 Å². The van der Waals surface area contributed by atoms with E-state index in [0.717, 1.165) is 28.3 Å². The molecule has 1 aromatic heterocycles. The van der Waals surface area contributed by atoms with Gasteiger partial charge in [-0.25, -0.2) is 9.97 Å². The number of ether oxygens (including phenoxy) is 2. The lowest BCUT2D eigenvalue weighted by atomic mass is 10.1. The van der Waals surface area contributed by atoms with Gasteiger partial charge in [0.05, 0.1) is 24.6 Å². The van der Waals surface area contributed by atoms with Gasteiger partial charge in [0, 0.05) is 17.7 Å². The Hall–Kier alpha value is -3.08. The predicted molar refractivity (Wildman–Crippen MR) is 103 cm³/mol. The number of nitrogens with zero attached hydrogens (tertiary/aromatic N) is 2. The summed E-state index contributed by atoms with van der Waals surface area (Å²) in [6.07, 6.45) is 2.35. The minimum absolute atomic E-state index is 0.0970. The Balaban J connectivity index is 1.89. The molecule has 0 unspecified atom stereocenters. The van der Waals surface area contributed by atoms with Crippen LogP contribution in [-0.2, 0) is 6.42 Å². The minimum Gasteiger partial charge on any atom is -0.495 e. The maximum absolute atomic E-state index is 6.00. The number of hydrogen-bond donors (Lipinski definition) is 1. The summed E-state index contributed by atoms with van der Waals surface area (Å²) < 4.78 is 11.1. The van der Waals surface area contributed by atoms with Crippen molar-refractivity contribution in [2.45, 2.75) is 26.4 Å². The molecule has 3 aromatic rings. The summed E-state index contributed by atoms with van der Waals surface area (Å²) in [5.41, 5.74) is 10.4. The molecule has 3 rings (SSSR count). The van der Waals surface area contributed by atoms with E-state index in [0.29, 0.717) is 17.9 Å². The lowest BCUT2D eigenvalue weighted by Gasteiger charge is -2.14. The molecular weight excluding hydrogens is 326 g/mol. The molecule has 0 atom stereocenters. The van der Waals surface area contributed by atoms with E-state index in [2.05, 4.69) is 9.97 Å². The number of nitrogens with two attached hydrogens (primary N) is 1. The van der Waals surface area contributed by atoms with Gasteiger partial charge in [-0.15, -0.1) is 0 Å². The van der Waals surface area contributed by atoms with Crippen LogP contribution in [0.2, 0.25) is 0 Å². The monoisotopic (exact) mass is 349 g/mol. The van der Waals surface area contributed by atoms with Crippen molar-refractivity contribution in [2.75, 3.05) is 12.8 Å². The second kappa shape index (κ2) is 7.87. The van der Waals surface area contributed by atoms with Crippen LogP contribution in [-0.4, -0.2) is 23.2 Å². The summed E-state index contributed by atoms with van der Waals surface area (Å²) >= 11 is 0. The van der Waals surface area contributed by atoms with Crippen LogP contribution in [0.4, 0.5) is 5.69 Å². The van der Waals surface area contributed by atoms with Gasteiger partial charge in [0.1, 0.15) is 17.8 Å². The third-order valence-corrected chi connectivity index (χ3v) is 3.93. The Morgan fingerprint density at radius 2 is 1.81 bits per heavy atom. The predicted octanol–water partition coefficient (Wildman–Crippen LogP) is 4.11. The fraction of sp³-hybridized carbons (Fsp3) is 0.238. The standard InChI is InChI=1S/C21H23N3O2/c1-14(2)26-20-7-5-4-6-17(20)19-12-16(23-13-24-19)10-15-8-9-21(25-3)18(22)11-15/h4-9,11-14H,10,22H2,1-3H3. The van der Waals surface area contributed by atoms with Crippen LogP contribution in [0.5, 0.6) is 11.5 Å². The molecule has 0 aliphatic carbocycles. The van der Waals surface area contributed by atoms with Gasteiger partial charge < -0.3 is 15.2 Å². The zero-order valence-electron chi connectivity index (χ0n) is 15.3. The average Bonchev–Trinajstić information content (AvgIpc) is 2.62. The van der Waals surface area contributed by atoms with Crippen molar-refractivity contribution in [3.05, 3.63) is 66.1 Å². The molecule has 1 heterocycles. The molecule has 0 amide bonds. The number of hydrogen-bond acceptors (Lipinski definition) is 5. The highest BCUT2D eigenvalue weighted by Gasteiger charge is 2.10.